The second-order valence-corrected chi connectivity index (χ2v) is 7.44. The van der Waals surface area contributed by atoms with Gasteiger partial charge in [-0.15, -0.1) is 0 Å². The fraction of sp³-hybridized carbons (Fsp3) is 0.357. The third-order valence-electron chi connectivity index (χ3n) is 3.61. The number of fused-ring (bicyclic) bond motifs is 1. The van der Waals surface area contributed by atoms with Crippen LogP contribution in [0.15, 0.2) is 30.5 Å². The minimum absolute atomic E-state index is 0.0468. The quantitative estimate of drug-likeness (QED) is 0.880. The summed E-state index contributed by atoms with van der Waals surface area (Å²) in [6.07, 6.45) is 3.15. The van der Waals surface area contributed by atoms with Crippen molar-refractivity contribution in [2.45, 2.75) is 18.9 Å². The largest absolute Gasteiger partial charge is 0.361 e. The highest BCUT2D eigenvalue weighted by molar-refractivity contribution is 7.91. The number of nitrogens with one attached hydrogen (secondary N) is 2. The number of aromatic amines is 1. The Morgan fingerprint density at radius 3 is 2.95 bits per heavy atom. The van der Waals surface area contributed by atoms with E-state index in [4.69, 9.17) is 0 Å². The molecule has 0 saturated carbocycles. The van der Waals surface area contributed by atoms with Crippen molar-refractivity contribution in [1.29, 1.82) is 0 Å². The van der Waals surface area contributed by atoms with Crippen molar-refractivity contribution in [3.63, 3.8) is 0 Å². The topological polar surface area (TPSA) is 79.0 Å². The summed E-state index contributed by atoms with van der Waals surface area (Å²) in [5.41, 5.74) is 1.53. The summed E-state index contributed by atoms with van der Waals surface area (Å²) in [4.78, 5) is 15.2. The molecule has 2 heterocycles. The van der Waals surface area contributed by atoms with Crippen LogP contribution in [0.4, 0.5) is 0 Å². The normalized spacial score (nSPS) is 21.7. The molecule has 1 aliphatic heterocycles. The molecule has 1 saturated heterocycles. The monoisotopic (exact) mass is 292 g/mol. The highest BCUT2D eigenvalue weighted by atomic mass is 32.2. The smallest absolute Gasteiger partial charge is 0.251 e. The maximum absolute atomic E-state index is 12.2. The van der Waals surface area contributed by atoms with E-state index in [0.717, 1.165) is 17.3 Å². The van der Waals surface area contributed by atoms with Crippen molar-refractivity contribution in [1.82, 2.24) is 10.3 Å². The first-order chi connectivity index (χ1) is 9.53. The summed E-state index contributed by atoms with van der Waals surface area (Å²) in [7, 11) is -3.01. The van der Waals surface area contributed by atoms with Gasteiger partial charge in [0.2, 0.25) is 0 Å². The summed E-state index contributed by atoms with van der Waals surface area (Å²) in [5, 5.41) is 3.79. The average molecular weight is 292 g/mol. The van der Waals surface area contributed by atoms with Crippen LogP contribution in [0, 0.1) is 0 Å². The molecule has 0 spiro atoms. The van der Waals surface area contributed by atoms with Gasteiger partial charge in [-0.2, -0.15) is 0 Å². The van der Waals surface area contributed by atoms with Crippen LogP contribution < -0.4 is 5.32 Å². The Kier molecular flexibility index (Phi) is 3.25. The molecule has 20 heavy (non-hydrogen) atoms. The van der Waals surface area contributed by atoms with Gasteiger partial charge in [0.25, 0.3) is 5.91 Å². The molecule has 2 aromatic rings. The second kappa shape index (κ2) is 4.94. The lowest BCUT2D eigenvalue weighted by Crippen LogP contribution is -2.43. The van der Waals surface area contributed by atoms with E-state index >= 15 is 0 Å². The molecule has 1 atom stereocenters. The molecule has 2 N–H and O–H groups in total. The molecule has 5 nitrogen and oxygen atoms in total. The predicted octanol–water partition coefficient (Wildman–Crippen LogP) is 1.47. The van der Waals surface area contributed by atoms with Crippen molar-refractivity contribution in [2.24, 2.45) is 0 Å². The minimum Gasteiger partial charge on any atom is -0.361 e. The fourth-order valence-electron chi connectivity index (χ4n) is 2.60. The third-order valence-corrected chi connectivity index (χ3v) is 5.43. The molecule has 0 aliphatic carbocycles. The summed E-state index contributed by atoms with van der Waals surface area (Å²) >= 11 is 0. The molecule has 0 bridgehead atoms. The highest BCUT2D eigenvalue weighted by Crippen LogP contribution is 2.16. The van der Waals surface area contributed by atoms with Crippen molar-refractivity contribution in [2.75, 3.05) is 11.5 Å². The highest BCUT2D eigenvalue weighted by Gasteiger charge is 2.26. The van der Waals surface area contributed by atoms with Gasteiger partial charge in [-0.25, -0.2) is 8.42 Å². The van der Waals surface area contributed by atoms with Gasteiger partial charge in [0.1, 0.15) is 0 Å². The lowest BCUT2D eigenvalue weighted by Gasteiger charge is -2.23. The summed E-state index contributed by atoms with van der Waals surface area (Å²) in [5.74, 6) is 0.0648. The first-order valence-corrected chi connectivity index (χ1v) is 8.44. The van der Waals surface area contributed by atoms with Gasteiger partial charge in [-0.3, -0.25) is 4.79 Å². The molecule has 106 valence electrons. The molecule has 3 rings (SSSR count). The maximum atomic E-state index is 12.2. The Bertz CT molecular complexity index is 749. The van der Waals surface area contributed by atoms with Crippen LogP contribution in [0.25, 0.3) is 10.9 Å². The number of carbonyl (C=O) groups excluding carboxylic acids is 1. The zero-order valence-electron chi connectivity index (χ0n) is 10.9. The Balaban J connectivity index is 1.75. The Labute approximate surface area is 117 Å². The van der Waals surface area contributed by atoms with E-state index in [2.05, 4.69) is 10.3 Å². The fourth-order valence-corrected chi connectivity index (χ4v) is 4.24. The number of carbonyl (C=O) groups is 1. The molecule has 1 aliphatic rings. The first kappa shape index (κ1) is 13.2. The van der Waals surface area contributed by atoms with Crippen molar-refractivity contribution >= 4 is 26.6 Å². The molecule has 1 aromatic carbocycles. The van der Waals surface area contributed by atoms with Crippen LogP contribution in [0.5, 0.6) is 0 Å². The van der Waals surface area contributed by atoms with Crippen molar-refractivity contribution < 1.29 is 13.2 Å². The molecule has 1 aromatic heterocycles. The molecular formula is C14H16N2O3S. The lowest BCUT2D eigenvalue weighted by molar-refractivity contribution is 0.0938. The predicted molar refractivity (Wildman–Crippen MR) is 77.4 cm³/mol. The molecule has 1 amide bonds. The molecule has 6 heteroatoms. The van der Waals surface area contributed by atoms with Crippen LogP contribution in [0.3, 0.4) is 0 Å². The number of sulfone groups is 1. The van der Waals surface area contributed by atoms with Crippen molar-refractivity contribution in [3.8, 4) is 0 Å². The first-order valence-electron chi connectivity index (χ1n) is 6.62. The summed E-state index contributed by atoms with van der Waals surface area (Å²) in [6.45, 7) is 0. The number of rotatable bonds is 2. The Morgan fingerprint density at radius 2 is 2.15 bits per heavy atom. The zero-order chi connectivity index (χ0) is 14.2. The van der Waals surface area contributed by atoms with Crippen LogP contribution in [0.2, 0.25) is 0 Å². The van der Waals surface area contributed by atoms with E-state index in [1.807, 2.05) is 18.3 Å². The molecular weight excluding hydrogens is 276 g/mol. The van der Waals surface area contributed by atoms with Gasteiger partial charge in [0, 0.05) is 28.7 Å². The number of aromatic nitrogens is 1. The van der Waals surface area contributed by atoms with Gasteiger partial charge in [-0.05, 0) is 37.1 Å². The van der Waals surface area contributed by atoms with Crippen LogP contribution in [0.1, 0.15) is 23.2 Å². The number of hydrogen-bond donors (Lipinski definition) is 2. The van der Waals surface area contributed by atoms with Gasteiger partial charge < -0.3 is 10.3 Å². The van der Waals surface area contributed by atoms with Gasteiger partial charge >= 0.3 is 0 Å². The van der Waals surface area contributed by atoms with Crippen molar-refractivity contribution in [3.05, 3.63) is 36.0 Å². The van der Waals surface area contributed by atoms with Gasteiger partial charge in [0.15, 0.2) is 9.84 Å². The number of benzene rings is 1. The summed E-state index contributed by atoms with van der Waals surface area (Å²) < 4.78 is 23.1. The van der Waals surface area contributed by atoms with Crippen LogP contribution in [-0.4, -0.2) is 36.9 Å². The maximum Gasteiger partial charge on any atom is 0.251 e. The van der Waals surface area contributed by atoms with E-state index in [9.17, 15) is 13.2 Å². The van der Waals surface area contributed by atoms with E-state index in [-0.39, 0.29) is 23.5 Å². The SMILES string of the molecule is O=C(NC1CCCS(=O)(=O)C1)c1ccc2[nH]ccc2c1. The van der Waals surface area contributed by atoms with E-state index in [1.54, 1.807) is 12.1 Å². The summed E-state index contributed by atoms with van der Waals surface area (Å²) in [6, 6.07) is 7.02. The Morgan fingerprint density at radius 1 is 1.30 bits per heavy atom. The number of hydrogen-bond acceptors (Lipinski definition) is 3. The molecule has 0 radical (unpaired) electrons. The lowest BCUT2D eigenvalue weighted by atomic mass is 10.1. The van der Waals surface area contributed by atoms with E-state index < -0.39 is 9.84 Å². The van der Waals surface area contributed by atoms with Crippen LogP contribution in [-0.2, 0) is 9.84 Å². The molecule has 1 unspecified atom stereocenters. The van der Waals surface area contributed by atoms with E-state index in [1.165, 1.54) is 0 Å². The molecule has 1 fully saturated rings. The second-order valence-electron chi connectivity index (χ2n) is 5.21. The van der Waals surface area contributed by atoms with Crippen LogP contribution >= 0.6 is 0 Å². The number of amides is 1. The standard InChI is InChI=1S/C14H16N2O3S/c17-14(16-12-2-1-7-20(18,19)9-12)11-3-4-13-10(8-11)5-6-15-13/h3-6,8,12,15H,1-2,7,9H2,(H,16,17). The third kappa shape index (κ3) is 2.70. The minimum atomic E-state index is -3.01. The van der Waals surface area contributed by atoms with Gasteiger partial charge in [-0.1, -0.05) is 0 Å². The Hall–Kier alpha value is -1.82. The number of H-pyrrole nitrogens is 1. The van der Waals surface area contributed by atoms with E-state index in [0.29, 0.717) is 12.0 Å². The van der Waals surface area contributed by atoms with Gasteiger partial charge in [0.05, 0.1) is 11.5 Å². The average Bonchev–Trinajstić information content (AvgIpc) is 2.84. The zero-order valence-corrected chi connectivity index (χ0v) is 11.7.